The lowest BCUT2D eigenvalue weighted by molar-refractivity contribution is 1.02. The molecule has 9 aromatic rings. The zero-order chi connectivity index (χ0) is 32.9. The topological polar surface area (TPSA) is 0 Å². The highest BCUT2D eigenvalue weighted by Gasteiger charge is 2.32. The van der Waals surface area contributed by atoms with Crippen LogP contribution in [0.4, 0.5) is 0 Å². The van der Waals surface area contributed by atoms with E-state index in [-0.39, 0.29) is 5.92 Å². The Morgan fingerprint density at radius 2 is 0.898 bits per heavy atom. The molecule has 0 heterocycles. The van der Waals surface area contributed by atoms with Crippen LogP contribution in [0.1, 0.15) is 36.5 Å². The van der Waals surface area contributed by atoms with E-state index >= 15 is 0 Å². The summed E-state index contributed by atoms with van der Waals surface area (Å²) in [5.74, 6) is 0.188. The molecule has 232 valence electrons. The van der Waals surface area contributed by atoms with Crippen molar-refractivity contribution in [1.29, 1.82) is 0 Å². The van der Waals surface area contributed by atoms with Crippen LogP contribution >= 0.6 is 0 Å². The van der Waals surface area contributed by atoms with Gasteiger partial charge in [-0.3, -0.25) is 0 Å². The molecule has 0 amide bonds. The van der Waals surface area contributed by atoms with Gasteiger partial charge in [0.15, 0.2) is 0 Å². The minimum absolute atomic E-state index is 0.188. The summed E-state index contributed by atoms with van der Waals surface area (Å²) in [5, 5.41) is 8.02. The minimum Gasteiger partial charge on any atom is -0.0683 e. The molecule has 9 aromatic carbocycles. The van der Waals surface area contributed by atoms with Crippen LogP contribution in [0, 0.1) is 0 Å². The molecule has 0 aromatic heterocycles. The van der Waals surface area contributed by atoms with Gasteiger partial charge in [-0.05, 0) is 124 Å². The van der Waals surface area contributed by atoms with Gasteiger partial charge in [-0.1, -0.05) is 159 Å². The maximum atomic E-state index is 2.48. The summed E-state index contributed by atoms with van der Waals surface area (Å²) in [6.45, 7) is 4.00. The zero-order valence-corrected chi connectivity index (χ0v) is 27.8. The van der Waals surface area contributed by atoms with Gasteiger partial charge in [0.05, 0.1) is 0 Å². The second kappa shape index (κ2) is 11.9. The zero-order valence-electron chi connectivity index (χ0n) is 27.8. The molecule has 0 aliphatic heterocycles. The molecule has 1 aliphatic carbocycles. The molecule has 49 heavy (non-hydrogen) atoms. The number of benzene rings is 9. The highest BCUT2D eigenvalue weighted by molar-refractivity contribution is 6.26. The molecule has 1 unspecified atom stereocenters. The molecule has 0 N–H and O–H groups in total. The van der Waals surface area contributed by atoms with E-state index in [0.29, 0.717) is 0 Å². The molecule has 0 saturated heterocycles. The molecule has 0 fully saturated rings. The Labute approximate surface area is 288 Å². The predicted octanol–water partition coefficient (Wildman–Crippen LogP) is 13.8. The fourth-order valence-corrected chi connectivity index (χ4v) is 8.13. The summed E-state index contributed by atoms with van der Waals surface area (Å²) in [5.41, 5.74) is 14.2. The SMILES string of the molecule is CC.c1ccc(-c2cc(-c3ccccc3)cc(-c3ccc4c(c3)-c3c(cc5ccc6cccc7ccc3c5c67)C4c3ccccc3)c2)cc1. The molecule has 0 saturated carbocycles. The first-order valence-corrected chi connectivity index (χ1v) is 17.5. The van der Waals surface area contributed by atoms with Crippen LogP contribution < -0.4 is 0 Å². The van der Waals surface area contributed by atoms with Crippen molar-refractivity contribution >= 4 is 32.3 Å². The summed E-state index contributed by atoms with van der Waals surface area (Å²) >= 11 is 0. The van der Waals surface area contributed by atoms with E-state index in [1.165, 1.54) is 93.5 Å². The molecule has 0 nitrogen and oxygen atoms in total. The van der Waals surface area contributed by atoms with E-state index < -0.39 is 0 Å². The Balaban J connectivity index is 0.00000160. The number of hydrogen-bond acceptors (Lipinski definition) is 0. The first kappa shape index (κ1) is 29.2. The Kier molecular flexibility index (Phi) is 7.10. The summed E-state index contributed by atoms with van der Waals surface area (Å²) in [6.07, 6.45) is 0. The van der Waals surface area contributed by atoms with Crippen molar-refractivity contribution in [2.75, 3.05) is 0 Å². The van der Waals surface area contributed by atoms with Gasteiger partial charge in [-0.2, -0.15) is 0 Å². The Hall–Kier alpha value is -5.98. The van der Waals surface area contributed by atoms with Gasteiger partial charge in [0.2, 0.25) is 0 Å². The van der Waals surface area contributed by atoms with Crippen molar-refractivity contribution in [3.05, 3.63) is 193 Å². The molecule has 0 radical (unpaired) electrons. The maximum Gasteiger partial charge on any atom is 0.0352 e. The fraction of sp³-hybridized carbons (Fsp3) is 0.0612. The van der Waals surface area contributed by atoms with Crippen LogP contribution in [0.2, 0.25) is 0 Å². The third-order valence-electron chi connectivity index (χ3n) is 10.2. The van der Waals surface area contributed by atoms with Crippen molar-refractivity contribution in [1.82, 2.24) is 0 Å². The van der Waals surface area contributed by atoms with Crippen LogP contribution in [0.5, 0.6) is 0 Å². The molecule has 0 heteroatoms. The van der Waals surface area contributed by atoms with Gasteiger partial charge in [-0.15, -0.1) is 0 Å². The van der Waals surface area contributed by atoms with Crippen molar-refractivity contribution in [2.45, 2.75) is 19.8 Å². The van der Waals surface area contributed by atoms with Crippen molar-refractivity contribution in [3.8, 4) is 44.5 Å². The van der Waals surface area contributed by atoms with Gasteiger partial charge in [-0.25, -0.2) is 0 Å². The molecule has 10 rings (SSSR count). The lowest BCUT2D eigenvalue weighted by Gasteiger charge is -2.17. The number of hydrogen-bond donors (Lipinski definition) is 0. The van der Waals surface area contributed by atoms with Gasteiger partial charge in [0, 0.05) is 5.92 Å². The van der Waals surface area contributed by atoms with Crippen LogP contribution in [0.3, 0.4) is 0 Å². The van der Waals surface area contributed by atoms with Gasteiger partial charge in [0.1, 0.15) is 0 Å². The van der Waals surface area contributed by atoms with E-state index in [1.54, 1.807) is 0 Å². The molecular weight excluding hydrogens is 589 g/mol. The van der Waals surface area contributed by atoms with Crippen LogP contribution in [0.25, 0.3) is 76.8 Å². The Morgan fingerprint density at radius 1 is 0.347 bits per heavy atom. The lowest BCUT2D eigenvalue weighted by atomic mass is 9.86. The third-order valence-corrected chi connectivity index (χ3v) is 10.2. The standard InChI is InChI=1S/C47H30.C2H6/c1-4-11-30(12-5-1)37-25-38(31-13-6-2-7-14-31)27-39(26-37)35-22-23-40-42(28-35)47-41-24-21-34-18-10-17-33-19-20-36(46(41)44(33)34)29-43(47)45(40)32-15-8-3-9-16-32;1-2/h1-29,45H;1-2H3. The fourth-order valence-electron chi connectivity index (χ4n) is 8.13. The minimum atomic E-state index is 0.188. The smallest absolute Gasteiger partial charge is 0.0352 e. The summed E-state index contributed by atoms with van der Waals surface area (Å²) < 4.78 is 0. The quantitative estimate of drug-likeness (QED) is 0.171. The molecule has 1 aliphatic rings. The first-order valence-electron chi connectivity index (χ1n) is 17.5. The largest absolute Gasteiger partial charge is 0.0683 e. The molecule has 0 spiro atoms. The van der Waals surface area contributed by atoms with Gasteiger partial charge >= 0.3 is 0 Å². The number of fused-ring (bicyclic) bond motifs is 4. The third kappa shape index (κ3) is 4.75. The lowest BCUT2D eigenvalue weighted by Crippen LogP contribution is -1.99. The van der Waals surface area contributed by atoms with E-state index in [9.17, 15) is 0 Å². The second-order valence-corrected chi connectivity index (χ2v) is 12.9. The van der Waals surface area contributed by atoms with E-state index in [1.807, 2.05) is 13.8 Å². The van der Waals surface area contributed by atoms with Crippen molar-refractivity contribution in [3.63, 3.8) is 0 Å². The second-order valence-electron chi connectivity index (χ2n) is 12.9. The highest BCUT2D eigenvalue weighted by atomic mass is 14.4. The van der Waals surface area contributed by atoms with Crippen LogP contribution in [-0.4, -0.2) is 0 Å². The normalized spacial score (nSPS) is 13.3. The van der Waals surface area contributed by atoms with Crippen LogP contribution in [0.15, 0.2) is 176 Å². The summed E-state index contributed by atoms with van der Waals surface area (Å²) in [4.78, 5) is 0. The average Bonchev–Trinajstić information content (AvgIpc) is 3.52. The van der Waals surface area contributed by atoms with E-state index in [0.717, 1.165) is 0 Å². The molecule has 1 atom stereocenters. The number of rotatable bonds is 4. The predicted molar refractivity (Wildman–Crippen MR) is 211 cm³/mol. The molecular formula is C49H36. The van der Waals surface area contributed by atoms with Crippen molar-refractivity contribution in [2.24, 2.45) is 0 Å². The first-order chi connectivity index (χ1) is 24.3. The molecule has 0 bridgehead atoms. The maximum absolute atomic E-state index is 2.48. The Bertz CT molecular complexity index is 2520. The Morgan fingerprint density at radius 3 is 1.53 bits per heavy atom. The average molecular weight is 625 g/mol. The van der Waals surface area contributed by atoms with Gasteiger partial charge < -0.3 is 0 Å². The summed E-state index contributed by atoms with van der Waals surface area (Å²) in [7, 11) is 0. The van der Waals surface area contributed by atoms with E-state index in [2.05, 4.69) is 176 Å². The monoisotopic (exact) mass is 624 g/mol. The highest BCUT2D eigenvalue weighted by Crippen LogP contribution is 2.54. The van der Waals surface area contributed by atoms with Crippen LogP contribution in [-0.2, 0) is 0 Å². The van der Waals surface area contributed by atoms with Gasteiger partial charge in [0.25, 0.3) is 0 Å². The van der Waals surface area contributed by atoms with E-state index in [4.69, 9.17) is 0 Å². The van der Waals surface area contributed by atoms with Crippen molar-refractivity contribution < 1.29 is 0 Å². The summed E-state index contributed by atoms with van der Waals surface area (Å²) in [6, 6.07) is 65.2.